The third-order valence-electron chi connectivity index (χ3n) is 5.85. The Morgan fingerprint density at radius 3 is 2.81 bits per heavy atom. The summed E-state index contributed by atoms with van der Waals surface area (Å²) in [5.41, 5.74) is 2.71. The van der Waals surface area contributed by atoms with E-state index >= 15 is 0 Å². The van der Waals surface area contributed by atoms with Crippen LogP contribution in [0.1, 0.15) is 39.2 Å². The summed E-state index contributed by atoms with van der Waals surface area (Å²) in [7, 11) is 2.12. The SMILES string of the molecule is [2H]C([2H])([2H])n1cc(-c2ccc3cnc(CC(=O)c4cnn(C5CCN(C)CC5)c4)nc3c2)cn1. The van der Waals surface area contributed by atoms with Crippen LogP contribution in [0.25, 0.3) is 22.0 Å². The zero-order chi connectivity index (χ0) is 23.9. The van der Waals surface area contributed by atoms with Gasteiger partial charge in [-0.1, -0.05) is 12.1 Å². The second kappa shape index (κ2) is 8.03. The summed E-state index contributed by atoms with van der Waals surface area (Å²) in [5, 5.41) is 9.20. The normalized spacial score (nSPS) is 17.4. The molecule has 0 spiro atoms. The van der Waals surface area contributed by atoms with E-state index in [1.54, 1.807) is 12.4 Å². The molecule has 0 aliphatic carbocycles. The van der Waals surface area contributed by atoms with Gasteiger partial charge in [-0.25, -0.2) is 9.97 Å². The number of aryl methyl sites for hydroxylation is 1. The molecule has 4 aromatic rings. The van der Waals surface area contributed by atoms with Crippen molar-refractivity contribution >= 4 is 16.7 Å². The Morgan fingerprint density at radius 2 is 2.00 bits per heavy atom. The van der Waals surface area contributed by atoms with Gasteiger partial charge in [0.2, 0.25) is 0 Å². The van der Waals surface area contributed by atoms with Crippen molar-refractivity contribution in [3.63, 3.8) is 0 Å². The predicted octanol–water partition coefficient (Wildman–Crippen LogP) is 2.92. The zero-order valence-corrected chi connectivity index (χ0v) is 17.3. The molecule has 1 fully saturated rings. The number of likely N-dealkylation sites (tertiary alicyclic amines) is 1. The molecule has 158 valence electrons. The lowest BCUT2D eigenvalue weighted by Gasteiger charge is -2.28. The molecule has 31 heavy (non-hydrogen) atoms. The summed E-state index contributed by atoms with van der Waals surface area (Å²) in [6, 6.07) is 5.91. The molecule has 0 bridgehead atoms. The smallest absolute Gasteiger partial charge is 0.173 e. The molecule has 0 atom stereocenters. The standard InChI is InChI=1S/C23H25N7O/c1-28-7-5-20(6-8-28)30-15-19(13-26-30)22(31)10-23-24-11-17-4-3-16(9-21(17)27-23)18-12-25-29(2)14-18/h3-4,9,11-15,20H,5-8,10H2,1-2H3/i2D3. The maximum atomic E-state index is 12.9. The van der Waals surface area contributed by atoms with Crippen LogP contribution in [0.2, 0.25) is 0 Å². The van der Waals surface area contributed by atoms with Crippen LogP contribution >= 0.6 is 0 Å². The Balaban J connectivity index is 1.33. The van der Waals surface area contributed by atoms with Crippen LogP contribution in [0.5, 0.6) is 0 Å². The lowest BCUT2D eigenvalue weighted by atomic mass is 10.1. The highest BCUT2D eigenvalue weighted by Crippen LogP contribution is 2.24. The fourth-order valence-electron chi connectivity index (χ4n) is 3.99. The van der Waals surface area contributed by atoms with Crippen molar-refractivity contribution in [3.05, 3.63) is 60.6 Å². The Morgan fingerprint density at radius 1 is 1.13 bits per heavy atom. The van der Waals surface area contributed by atoms with Gasteiger partial charge in [0.05, 0.1) is 35.9 Å². The first-order chi connectivity index (χ1) is 16.3. The van der Waals surface area contributed by atoms with E-state index in [9.17, 15) is 4.79 Å². The number of hydrogen-bond donors (Lipinski definition) is 0. The molecule has 0 N–H and O–H groups in total. The largest absolute Gasteiger partial charge is 0.306 e. The highest BCUT2D eigenvalue weighted by Gasteiger charge is 2.20. The van der Waals surface area contributed by atoms with Gasteiger partial charge >= 0.3 is 0 Å². The summed E-state index contributed by atoms with van der Waals surface area (Å²) in [4.78, 5) is 24.1. The summed E-state index contributed by atoms with van der Waals surface area (Å²) in [5.74, 6) is 0.355. The minimum atomic E-state index is -2.33. The number of carbonyl (C=O) groups excluding carboxylic acids is 1. The van der Waals surface area contributed by atoms with Crippen LogP contribution in [-0.4, -0.2) is 60.3 Å². The number of hydrogen-bond acceptors (Lipinski definition) is 6. The molecule has 0 amide bonds. The highest BCUT2D eigenvalue weighted by atomic mass is 16.1. The second-order valence-corrected chi connectivity index (χ2v) is 8.08. The van der Waals surface area contributed by atoms with E-state index in [1.165, 1.54) is 12.4 Å². The van der Waals surface area contributed by atoms with E-state index in [0.717, 1.165) is 41.6 Å². The van der Waals surface area contributed by atoms with Crippen molar-refractivity contribution in [1.29, 1.82) is 0 Å². The number of piperidine rings is 1. The van der Waals surface area contributed by atoms with E-state index in [4.69, 9.17) is 4.11 Å². The molecule has 1 saturated heterocycles. The molecule has 3 aromatic heterocycles. The topological polar surface area (TPSA) is 81.7 Å². The van der Waals surface area contributed by atoms with Gasteiger partial charge < -0.3 is 4.90 Å². The fourth-order valence-corrected chi connectivity index (χ4v) is 3.99. The predicted molar refractivity (Wildman–Crippen MR) is 118 cm³/mol. The fraction of sp³-hybridized carbons (Fsp3) is 0.348. The summed E-state index contributed by atoms with van der Waals surface area (Å²) < 4.78 is 25.3. The molecule has 0 radical (unpaired) electrons. The van der Waals surface area contributed by atoms with E-state index in [0.29, 0.717) is 28.5 Å². The monoisotopic (exact) mass is 418 g/mol. The van der Waals surface area contributed by atoms with Crippen LogP contribution in [-0.2, 0) is 13.4 Å². The quantitative estimate of drug-likeness (QED) is 0.464. The number of nitrogens with zero attached hydrogens (tertiary/aromatic N) is 7. The summed E-state index contributed by atoms with van der Waals surface area (Å²) in [6.45, 7) is -0.276. The summed E-state index contributed by atoms with van der Waals surface area (Å²) >= 11 is 0. The minimum absolute atomic E-state index is 0.0753. The van der Waals surface area contributed by atoms with Crippen LogP contribution in [0, 0.1) is 0 Å². The number of rotatable bonds is 5. The first-order valence-electron chi connectivity index (χ1n) is 11.8. The molecule has 0 unspecified atom stereocenters. The van der Waals surface area contributed by atoms with Gasteiger partial charge in [-0.2, -0.15) is 10.2 Å². The van der Waals surface area contributed by atoms with Crippen molar-refractivity contribution in [2.45, 2.75) is 25.3 Å². The minimum Gasteiger partial charge on any atom is -0.306 e. The Bertz CT molecular complexity index is 1340. The van der Waals surface area contributed by atoms with Crippen LogP contribution in [0.3, 0.4) is 0 Å². The molecular formula is C23H25N7O. The number of fused-ring (bicyclic) bond motifs is 1. The highest BCUT2D eigenvalue weighted by molar-refractivity contribution is 5.97. The van der Waals surface area contributed by atoms with Crippen molar-refractivity contribution < 1.29 is 8.91 Å². The van der Waals surface area contributed by atoms with Gasteiger partial charge in [0.15, 0.2) is 5.78 Å². The van der Waals surface area contributed by atoms with Gasteiger partial charge in [0.1, 0.15) is 5.82 Å². The first-order valence-corrected chi connectivity index (χ1v) is 10.3. The van der Waals surface area contributed by atoms with Crippen molar-refractivity contribution in [1.82, 2.24) is 34.4 Å². The second-order valence-electron chi connectivity index (χ2n) is 8.08. The molecule has 4 heterocycles. The van der Waals surface area contributed by atoms with Crippen LogP contribution < -0.4 is 0 Å². The molecule has 1 aromatic carbocycles. The van der Waals surface area contributed by atoms with Gasteiger partial charge in [0.25, 0.3) is 0 Å². The number of carbonyl (C=O) groups is 1. The van der Waals surface area contributed by atoms with E-state index in [-0.39, 0.29) is 12.2 Å². The molecule has 5 rings (SSSR count). The number of benzene rings is 1. The molecule has 0 saturated carbocycles. The number of ketones is 1. The van der Waals surface area contributed by atoms with Crippen molar-refractivity contribution in [2.75, 3.05) is 20.1 Å². The average molecular weight is 419 g/mol. The van der Waals surface area contributed by atoms with E-state index < -0.39 is 6.98 Å². The molecule has 8 heteroatoms. The van der Waals surface area contributed by atoms with Crippen LogP contribution in [0.15, 0.2) is 49.2 Å². The average Bonchev–Trinajstić information content (AvgIpc) is 3.49. The third kappa shape index (κ3) is 4.11. The van der Waals surface area contributed by atoms with Crippen molar-refractivity contribution in [3.8, 4) is 11.1 Å². The van der Waals surface area contributed by atoms with Gasteiger partial charge in [-0.15, -0.1) is 0 Å². The van der Waals surface area contributed by atoms with E-state index in [1.807, 2.05) is 29.1 Å². The molecule has 1 aliphatic heterocycles. The number of aromatic nitrogens is 6. The van der Waals surface area contributed by atoms with Gasteiger partial charge in [-0.05, 0) is 44.6 Å². The van der Waals surface area contributed by atoms with E-state index in [2.05, 4.69) is 32.1 Å². The van der Waals surface area contributed by atoms with Crippen molar-refractivity contribution in [2.24, 2.45) is 6.98 Å². The van der Waals surface area contributed by atoms with Gasteiger partial charge in [0, 0.05) is 40.6 Å². The molecular weight excluding hydrogens is 390 g/mol. The zero-order valence-electron chi connectivity index (χ0n) is 20.3. The number of Topliss-reactive ketones (excluding diaryl/α,β-unsaturated/α-hetero) is 1. The maximum Gasteiger partial charge on any atom is 0.173 e. The maximum absolute atomic E-state index is 12.9. The Hall–Kier alpha value is -3.39. The third-order valence-corrected chi connectivity index (χ3v) is 5.85. The van der Waals surface area contributed by atoms with Crippen LogP contribution in [0.4, 0.5) is 0 Å². The Labute approximate surface area is 184 Å². The summed E-state index contributed by atoms with van der Waals surface area (Å²) in [6.07, 6.45) is 10.3. The lowest BCUT2D eigenvalue weighted by molar-refractivity contribution is 0.0990. The molecule has 1 aliphatic rings. The molecule has 8 nitrogen and oxygen atoms in total. The van der Waals surface area contributed by atoms with Gasteiger partial charge in [-0.3, -0.25) is 14.2 Å². The first kappa shape index (κ1) is 16.3. The lowest BCUT2D eigenvalue weighted by Crippen LogP contribution is -2.31. The Kier molecular flexibility index (Phi) is 4.23.